The summed E-state index contributed by atoms with van der Waals surface area (Å²) in [6.45, 7) is 3.76. The van der Waals surface area contributed by atoms with E-state index in [0.717, 1.165) is 0 Å². The smallest absolute Gasteiger partial charge is 0.323 e. The molecular weight excluding hydrogens is 341 g/mol. The van der Waals surface area contributed by atoms with Gasteiger partial charge in [-0.25, -0.2) is 4.39 Å². The highest BCUT2D eigenvalue weighted by Crippen LogP contribution is 2.23. The van der Waals surface area contributed by atoms with Gasteiger partial charge in [-0.2, -0.15) is 15.0 Å². The molecule has 0 aliphatic rings. The molecule has 2 aromatic rings. The molecule has 0 spiro atoms. The van der Waals surface area contributed by atoms with Crippen LogP contribution in [-0.2, 0) is 0 Å². The van der Waals surface area contributed by atoms with E-state index in [1.54, 1.807) is 19.2 Å². The predicted molar refractivity (Wildman–Crippen MR) is 82.5 cm³/mol. The van der Waals surface area contributed by atoms with Crippen molar-refractivity contribution in [3.05, 3.63) is 28.5 Å². The van der Waals surface area contributed by atoms with E-state index < -0.39 is 0 Å². The average molecular weight is 356 g/mol. The Hall–Kier alpha value is -1.96. The number of anilines is 3. The normalized spacial score (nSPS) is 10.6. The zero-order valence-corrected chi connectivity index (χ0v) is 13.4. The van der Waals surface area contributed by atoms with Crippen molar-refractivity contribution in [2.75, 3.05) is 17.7 Å². The average Bonchev–Trinajstić information content (AvgIpc) is 2.42. The molecule has 0 saturated carbocycles. The van der Waals surface area contributed by atoms with Crippen LogP contribution in [-0.4, -0.2) is 28.1 Å². The zero-order valence-electron chi connectivity index (χ0n) is 11.8. The lowest BCUT2D eigenvalue weighted by molar-refractivity contribution is 0.222. The standard InChI is InChI=1S/C13H15BrFN5O/c1-7(2)21-13-19-11(16-3)18-12(20-13)17-8-4-5-10(15)9(14)6-8/h4-7H,1-3H3,(H2,16,17,18,19,20). The summed E-state index contributed by atoms with van der Waals surface area (Å²) in [4.78, 5) is 12.4. The molecule has 112 valence electrons. The molecule has 0 unspecified atom stereocenters. The quantitative estimate of drug-likeness (QED) is 0.856. The fraction of sp³-hybridized carbons (Fsp3) is 0.308. The van der Waals surface area contributed by atoms with Gasteiger partial charge in [-0.05, 0) is 48.0 Å². The Morgan fingerprint density at radius 3 is 2.52 bits per heavy atom. The molecule has 0 radical (unpaired) electrons. The van der Waals surface area contributed by atoms with Crippen molar-refractivity contribution in [3.63, 3.8) is 0 Å². The maximum atomic E-state index is 13.2. The molecule has 0 amide bonds. The van der Waals surface area contributed by atoms with Crippen LogP contribution in [0.4, 0.5) is 22.0 Å². The monoisotopic (exact) mass is 355 g/mol. The first kappa shape index (κ1) is 15.4. The van der Waals surface area contributed by atoms with E-state index in [4.69, 9.17) is 4.74 Å². The number of nitrogens with zero attached hydrogens (tertiary/aromatic N) is 3. The first-order valence-corrected chi connectivity index (χ1v) is 7.10. The van der Waals surface area contributed by atoms with Crippen molar-refractivity contribution in [3.8, 4) is 6.01 Å². The number of nitrogens with one attached hydrogen (secondary N) is 2. The zero-order chi connectivity index (χ0) is 15.4. The van der Waals surface area contributed by atoms with Crippen LogP contribution < -0.4 is 15.4 Å². The summed E-state index contributed by atoms with van der Waals surface area (Å²) in [5, 5.41) is 5.82. The van der Waals surface area contributed by atoms with E-state index >= 15 is 0 Å². The largest absolute Gasteiger partial charge is 0.461 e. The molecule has 2 rings (SSSR count). The molecule has 0 aliphatic carbocycles. The number of rotatable bonds is 5. The molecule has 1 aromatic carbocycles. The first-order chi connectivity index (χ1) is 9.97. The Balaban J connectivity index is 2.27. The molecule has 0 atom stereocenters. The molecule has 1 heterocycles. The molecule has 2 N–H and O–H groups in total. The Morgan fingerprint density at radius 2 is 1.90 bits per heavy atom. The third kappa shape index (κ3) is 4.25. The van der Waals surface area contributed by atoms with E-state index in [2.05, 4.69) is 41.5 Å². The predicted octanol–water partition coefficient (Wildman–Crippen LogP) is 3.35. The minimum Gasteiger partial charge on any atom is -0.461 e. The van der Waals surface area contributed by atoms with Crippen LogP contribution in [0.25, 0.3) is 0 Å². The van der Waals surface area contributed by atoms with Crippen molar-refractivity contribution in [1.29, 1.82) is 0 Å². The first-order valence-electron chi connectivity index (χ1n) is 6.30. The topological polar surface area (TPSA) is 72.0 Å². The molecule has 0 bridgehead atoms. The van der Waals surface area contributed by atoms with Gasteiger partial charge < -0.3 is 15.4 Å². The molecule has 8 heteroatoms. The minimum atomic E-state index is -0.337. The maximum Gasteiger partial charge on any atom is 0.323 e. The Kier molecular flexibility index (Phi) is 4.89. The second-order valence-corrected chi connectivity index (χ2v) is 5.29. The maximum absolute atomic E-state index is 13.2. The van der Waals surface area contributed by atoms with Crippen LogP contribution in [0.2, 0.25) is 0 Å². The SMILES string of the molecule is CNc1nc(Nc2ccc(F)c(Br)c2)nc(OC(C)C)n1. The van der Waals surface area contributed by atoms with Gasteiger partial charge in [0.1, 0.15) is 5.82 Å². The molecule has 0 saturated heterocycles. The second-order valence-electron chi connectivity index (χ2n) is 4.44. The van der Waals surface area contributed by atoms with Gasteiger partial charge in [0, 0.05) is 12.7 Å². The van der Waals surface area contributed by atoms with Gasteiger partial charge in [-0.1, -0.05) is 0 Å². The van der Waals surface area contributed by atoms with Crippen LogP contribution in [0, 0.1) is 5.82 Å². The van der Waals surface area contributed by atoms with Crippen LogP contribution in [0.1, 0.15) is 13.8 Å². The molecule has 0 aliphatic heterocycles. The fourth-order valence-corrected chi connectivity index (χ4v) is 1.87. The highest BCUT2D eigenvalue weighted by Gasteiger charge is 2.09. The highest BCUT2D eigenvalue weighted by atomic mass is 79.9. The van der Waals surface area contributed by atoms with Crippen LogP contribution >= 0.6 is 15.9 Å². The summed E-state index contributed by atoms with van der Waals surface area (Å²) in [5.74, 6) is 0.351. The third-order valence-electron chi connectivity index (χ3n) is 2.36. The highest BCUT2D eigenvalue weighted by molar-refractivity contribution is 9.10. The number of halogens is 2. The molecule has 0 fully saturated rings. The van der Waals surface area contributed by atoms with Crippen molar-refractivity contribution in [2.24, 2.45) is 0 Å². The number of hydrogen-bond donors (Lipinski definition) is 2. The lowest BCUT2D eigenvalue weighted by Gasteiger charge is -2.11. The van der Waals surface area contributed by atoms with Crippen LogP contribution in [0.3, 0.4) is 0 Å². The fourth-order valence-electron chi connectivity index (χ4n) is 1.49. The van der Waals surface area contributed by atoms with Crippen LogP contribution in [0.5, 0.6) is 6.01 Å². The number of benzene rings is 1. The van der Waals surface area contributed by atoms with Gasteiger partial charge in [0.25, 0.3) is 0 Å². The second kappa shape index (κ2) is 6.66. The van der Waals surface area contributed by atoms with Gasteiger partial charge in [0.05, 0.1) is 10.6 Å². The summed E-state index contributed by atoms with van der Waals surface area (Å²) in [7, 11) is 1.70. The Labute approximate surface area is 130 Å². The van der Waals surface area contributed by atoms with Gasteiger partial charge in [-0.3, -0.25) is 0 Å². The lowest BCUT2D eigenvalue weighted by Crippen LogP contribution is -2.11. The van der Waals surface area contributed by atoms with Crippen molar-refractivity contribution >= 4 is 33.5 Å². The van der Waals surface area contributed by atoms with Crippen molar-refractivity contribution < 1.29 is 9.13 Å². The molecule has 6 nitrogen and oxygen atoms in total. The molecule has 21 heavy (non-hydrogen) atoms. The number of ether oxygens (including phenoxy) is 1. The lowest BCUT2D eigenvalue weighted by atomic mass is 10.3. The summed E-state index contributed by atoms with van der Waals surface area (Å²) in [6.07, 6.45) is -0.0510. The summed E-state index contributed by atoms with van der Waals surface area (Å²) in [5.41, 5.74) is 0.645. The van der Waals surface area contributed by atoms with Crippen molar-refractivity contribution in [2.45, 2.75) is 20.0 Å². The molecular formula is C13H15BrFN5O. The van der Waals surface area contributed by atoms with E-state index in [9.17, 15) is 4.39 Å². The number of hydrogen-bond acceptors (Lipinski definition) is 6. The van der Waals surface area contributed by atoms with Crippen molar-refractivity contribution in [1.82, 2.24) is 15.0 Å². The van der Waals surface area contributed by atoms with Gasteiger partial charge >= 0.3 is 6.01 Å². The Bertz CT molecular complexity index is 638. The van der Waals surface area contributed by atoms with E-state index in [0.29, 0.717) is 22.1 Å². The van der Waals surface area contributed by atoms with Gasteiger partial charge in [0.2, 0.25) is 11.9 Å². The van der Waals surface area contributed by atoms with Gasteiger partial charge in [0.15, 0.2) is 0 Å². The number of aromatic nitrogens is 3. The summed E-state index contributed by atoms with van der Waals surface area (Å²) in [6, 6.07) is 4.75. The minimum absolute atomic E-state index is 0.0510. The van der Waals surface area contributed by atoms with E-state index in [-0.39, 0.29) is 17.9 Å². The summed E-state index contributed by atoms with van der Waals surface area (Å²) >= 11 is 3.13. The molecule has 1 aromatic heterocycles. The van der Waals surface area contributed by atoms with E-state index in [1.165, 1.54) is 6.07 Å². The van der Waals surface area contributed by atoms with E-state index in [1.807, 2.05) is 13.8 Å². The van der Waals surface area contributed by atoms with Gasteiger partial charge in [-0.15, -0.1) is 0 Å². The summed E-state index contributed by atoms with van der Waals surface area (Å²) < 4.78 is 19.0. The van der Waals surface area contributed by atoms with Crippen LogP contribution in [0.15, 0.2) is 22.7 Å². The Morgan fingerprint density at radius 1 is 1.19 bits per heavy atom. The third-order valence-corrected chi connectivity index (χ3v) is 2.96.